The molecule has 29 heavy (non-hydrogen) atoms. The SMILES string of the molecule is Cc1ccc(NC(=O)/C(C#N)=C/c2cc(Br)ccc2Cc2ccccc2Cl)cc1. The first-order chi connectivity index (χ1) is 14.0. The van der Waals surface area contributed by atoms with E-state index in [0.29, 0.717) is 17.1 Å². The van der Waals surface area contributed by atoms with E-state index in [0.717, 1.165) is 26.7 Å². The van der Waals surface area contributed by atoms with Crippen LogP contribution >= 0.6 is 27.5 Å². The zero-order chi connectivity index (χ0) is 20.8. The molecule has 1 N–H and O–H groups in total. The van der Waals surface area contributed by atoms with Gasteiger partial charge >= 0.3 is 0 Å². The van der Waals surface area contributed by atoms with E-state index in [1.165, 1.54) is 0 Å². The molecule has 0 unspecified atom stereocenters. The third-order valence-electron chi connectivity index (χ3n) is 4.42. The van der Waals surface area contributed by atoms with E-state index in [2.05, 4.69) is 21.2 Å². The van der Waals surface area contributed by atoms with Crippen LogP contribution in [0.2, 0.25) is 5.02 Å². The Morgan fingerprint density at radius 1 is 1.10 bits per heavy atom. The number of nitrogens with one attached hydrogen (secondary N) is 1. The number of benzene rings is 3. The molecular weight excluding hydrogens is 448 g/mol. The second-order valence-electron chi connectivity index (χ2n) is 6.60. The maximum atomic E-state index is 12.6. The van der Waals surface area contributed by atoms with Gasteiger partial charge in [-0.2, -0.15) is 5.26 Å². The highest BCUT2D eigenvalue weighted by Crippen LogP contribution is 2.25. The van der Waals surface area contributed by atoms with Crippen LogP contribution in [0, 0.1) is 18.3 Å². The van der Waals surface area contributed by atoms with Crippen LogP contribution in [0.3, 0.4) is 0 Å². The summed E-state index contributed by atoms with van der Waals surface area (Å²) in [4.78, 5) is 12.6. The fourth-order valence-electron chi connectivity index (χ4n) is 2.85. The summed E-state index contributed by atoms with van der Waals surface area (Å²) in [7, 11) is 0. The van der Waals surface area contributed by atoms with Gasteiger partial charge in [-0.1, -0.05) is 69.5 Å². The zero-order valence-electron chi connectivity index (χ0n) is 15.7. The van der Waals surface area contributed by atoms with Crippen LogP contribution in [-0.2, 0) is 11.2 Å². The predicted molar refractivity (Wildman–Crippen MR) is 122 cm³/mol. The van der Waals surface area contributed by atoms with Gasteiger partial charge in [-0.3, -0.25) is 4.79 Å². The molecule has 3 aromatic carbocycles. The quantitative estimate of drug-likeness (QED) is 0.343. The van der Waals surface area contributed by atoms with Crippen molar-refractivity contribution in [3.63, 3.8) is 0 Å². The van der Waals surface area contributed by atoms with Gasteiger partial charge in [0.15, 0.2) is 0 Å². The van der Waals surface area contributed by atoms with Gasteiger partial charge in [0, 0.05) is 15.2 Å². The molecule has 0 aliphatic heterocycles. The standard InChI is InChI=1S/C24H18BrClN2O/c1-16-6-10-22(11-7-16)28-24(29)20(15-27)13-19-14-21(25)9-8-17(19)12-18-4-2-3-5-23(18)26/h2-11,13-14H,12H2,1H3,(H,28,29)/b20-13+. The van der Waals surface area contributed by atoms with Crippen molar-refractivity contribution in [2.24, 2.45) is 0 Å². The Morgan fingerprint density at radius 2 is 1.83 bits per heavy atom. The summed E-state index contributed by atoms with van der Waals surface area (Å²) < 4.78 is 0.864. The van der Waals surface area contributed by atoms with Gasteiger partial charge in [0.05, 0.1) is 0 Å². The Balaban J connectivity index is 1.91. The Bertz CT molecular complexity index is 1110. The number of carbonyl (C=O) groups is 1. The highest BCUT2D eigenvalue weighted by atomic mass is 79.9. The summed E-state index contributed by atoms with van der Waals surface area (Å²) in [5, 5.41) is 13.0. The number of nitrogens with zero attached hydrogens (tertiary/aromatic N) is 1. The molecule has 3 rings (SSSR count). The van der Waals surface area contributed by atoms with Gasteiger partial charge in [-0.15, -0.1) is 0 Å². The van der Waals surface area contributed by atoms with E-state index in [9.17, 15) is 10.1 Å². The molecule has 0 saturated heterocycles. The van der Waals surface area contributed by atoms with Crippen LogP contribution in [0.5, 0.6) is 0 Å². The normalized spacial score (nSPS) is 11.0. The Kier molecular flexibility index (Phi) is 6.87. The summed E-state index contributed by atoms with van der Waals surface area (Å²) in [6, 6.07) is 22.9. The lowest BCUT2D eigenvalue weighted by atomic mass is 9.98. The second kappa shape index (κ2) is 9.56. The number of rotatable bonds is 5. The van der Waals surface area contributed by atoms with Crippen molar-refractivity contribution in [1.29, 1.82) is 5.26 Å². The topological polar surface area (TPSA) is 52.9 Å². The summed E-state index contributed by atoms with van der Waals surface area (Å²) in [6.07, 6.45) is 2.21. The van der Waals surface area contributed by atoms with Crippen LogP contribution in [0.4, 0.5) is 5.69 Å². The Hall–Kier alpha value is -2.87. The fraction of sp³-hybridized carbons (Fsp3) is 0.0833. The molecule has 0 atom stereocenters. The van der Waals surface area contributed by atoms with Gasteiger partial charge in [0.1, 0.15) is 11.6 Å². The average molecular weight is 466 g/mol. The van der Waals surface area contributed by atoms with E-state index in [1.54, 1.807) is 6.08 Å². The van der Waals surface area contributed by atoms with Crippen molar-refractivity contribution in [3.05, 3.63) is 104 Å². The minimum absolute atomic E-state index is 0.0316. The molecule has 144 valence electrons. The Morgan fingerprint density at radius 3 is 2.52 bits per heavy atom. The van der Waals surface area contributed by atoms with Gasteiger partial charge in [0.2, 0.25) is 0 Å². The summed E-state index contributed by atoms with van der Waals surface area (Å²) >= 11 is 9.77. The van der Waals surface area contributed by atoms with Gasteiger partial charge < -0.3 is 5.32 Å². The first-order valence-corrected chi connectivity index (χ1v) is 10.1. The number of hydrogen-bond donors (Lipinski definition) is 1. The van der Waals surface area contributed by atoms with E-state index < -0.39 is 5.91 Å². The van der Waals surface area contributed by atoms with Crippen LogP contribution < -0.4 is 5.32 Å². The number of nitriles is 1. The molecule has 0 bridgehead atoms. The zero-order valence-corrected chi connectivity index (χ0v) is 18.1. The second-order valence-corrected chi connectivity index (χ2v) is 7.92. The van der Waals surface area contributed by atoms with Crippen LogP contribution in [0.25, 0.3) is 6.08 Å². The van der Waals surface area contributed by atoms with Crippen molar-refractivity contribution >= 4 is 45.2 Å². The van der Waals surface area contributed by atoms with Crippen molar-refractivity contribution in [2.75, 3.05) is 5.32 Å². The molecule has 3 aromatic rings. The predicted octanol–water partition coefficient (Wildman–Crippen LogP) is 6.55. The molecule has 0 fully saturated rings. The molecular formula is C24H18BrClN2O. The van der Waals surface area contributed by atoms with Crippen LogP contribution in [0.15, 0.2) is 76.8 Å². The fourth-order valence-corrected chi connectivity index (χ4v) is 3.43. The first-order valence-electron chi connectivity index (χ1n) is 8.98. The van der Waals surface area contributed by atoms with Crippen molar-refractivity contribution in [3.8, 4) is 6.07 Å². The molecule has 0 spiro atoms. The van der Waals surface area contributed by atoms with E-state index in [4.69, 9.17) is 11.6 Å². The monoisotopic (exact) mass is 464 g/mol. The van der Waals surface area contributed by atoms with Gasteiger partial charge in [-0.05, 0) is 66.4 Å². The minimum Gasteiger partial charge on any atom is -0.321 e. The van der Waals surface area contributed by atoms with Crippen LogP contribution in [0.1, 0.15) is 22.3 Å². The van der Waals surface area contributed by atoms with E-state index >= 15 is 0 Å². The summed E-state index contributed by atoms with van der Waals surface area (Å²) in [5.41, 5.74) is 4.51. The number of anilines is 1. The van der Waals surface area contributed by atoms with Gasteiger partial charge in [0.25, 0.3) is 5.91 Å². The number of hydrogen-bond acceptors (Lipinski definition) is 2. The van der Waals surface area contributed by atoms with Gasteiger partial charge in [-0.25, -0.2) is 0 Å². The number of amides is 1. The lowest BCUT2D eigenvalue weighted by molar-refractivity contribution is -0.112. The number of halogens is 2. The Labute approximate surface area is 183 Å². The molecule has 0 saturated carbocycles. The third kappa shape index (κ3) is 5.57. The minimum atomic E-state index is -0.444. The molecule has 0 aliphatic rings. The summed E-state index contributed by atoms with van der Waals surface area (Å²) in [6.45, 7) is 1.97. The molecule has 0 aliphatic carbocycles. The van der Waals surface area contributed by atoms with E-state index in [1.807, 2.05) is 79.7 Å². The molecule has 1 amide bonds. The molecule has 0 radical (unpaired) electrons. The van der Waals surface area contributed by atoms with Crippen molar-refractivity contribution in [1.82, 2.24) is 0 Å². The number of aryl methyl sites for hydroxylation is 1. The highest BCUT2D eigenvalue weighted by molar-refractivity contribution is 9.10. The van der Waals surface area contributed by atoms with Crippen molar-refractivity contribution in [2.45, 2.75) is 13.3 Å². The molecule has 0 aromatic heterocycles. The number of carbonyl (C=O) groups excluding carboxylic acids is 1. The largest absolute Gasteiger partial charge is 0.321 e. The summed E-state index contributed by atoms with van der Waals surface area (Å²) in [5.74, 6) is -0.444. The molecule has 0 heterocycles. The first kappa shape index (κ1) is 20.9. The lowest BCUT2D eigenvalue weighted by Crippen LogP contribution is -2.13. The lowest BCUT2D eigenvalue weighted by Gasteiger charge is -2.10. The maximum Gasteiger partial charge on any atom is 0.266 e. The van der Waals surface area contributed by atoms with Crippen molar-refractivity contribution < 1.29 is 4.79 Å². The highest BCUT2D eigenvalue weighted by Gasteiger charge is 2.12. The average Bonchev–Trinajstić information content (AvgIpc) is 2.71. The molecule has 5 heteroatoms. The van der Waals surface area contributed by atoms with Crippen LogP contribution in [-0.4, -0.2) is 5.91 Å². The van der Waals surface area contributed by atoms with E-state index in [-0.39, 0.29) is 5.57 Å². The molecule has 3 nitrogen and oxygen atoms in total. The third-order valence-corrected chi connectivity index (χ3v) is 5.28. The maximum absolute atomic E-state index is 12.6. The smallest absolute Gasteiger partial charge is 0.266 e.